The molecule has 1 aliphatic carbocycles. The summed E-state index contributed by atoms with van der Waals surface area (Å²) in [5, 5.41) is 1.01. The van der Waals surface area contributed by atoms with Gasteiger partial charge in [-0.3, -0.25) is 4.79 Å². The summed E-state index contributed by atoms with van der Waals surface area (Å²) in [6.07, 6.45) is 4.10. The molecule has 4 rings (SSSR count). The lowest BCUT2D eigenvalue weighted by atomic mass is 10.2. The van der Waals surface area contributed by atoms with Gasteiger partial charge in [0.05, 0.1) is 12.5 Å². The van der Waals surface area contributed by atoms with E-state index in [0.717, 1.165) is 29.3 Å². The van der Waals surface area contributed by atoms with Gasteiger partial charge in [0.1, 0.15) is 16.9 Å². The van der Waals surface area contributed by atoms with Gasteiger partial charge >= 0.3 is 0 Å². The Labute approximate surface area is 143 Å². The largest absolute Gasteiger partial charge is 0.493 e. The molecule has 0 spiro atoms. The van der Waals surface area contributed by atoms with E-state index in [1.165, 1.54) is 16.9 Å². The second kappa shape index (κ2) is 5.87. The van der Waals surface area contributed by atoms with Crippen LogP contribution in [0.15, 0.2) is 18.2 Å². The molecule has 0 bridgehead atoms. The maximum absolute atomic E-state index is 10.9. The summed E-state index contributed by atoms with van der Waals surface area (Å²) in [4.78, 5) is 22.4. The molecular formula is C18H16N2O3S. The number of rotatable bonds is 4. The number of thiophene rings is 1. The summed E-state index contributed by atoms with van der Waals surface area (Å²) in [6.45, 7) is 1.86. The third-order valence-corrected chi connectivity index (χ3v) is 5.36. The maximum atomic E-state index is 10.9. The summed E-state index contributed by atoms with van der Waals surface area (Å²) in [5.41, 5.74) is 1.85. The zero-order valence-corrected chi connectivity index (χ0v) is 14.3. The molecule has 0 saturated carbocycles. The summed E-state index contributed by atoms with van der Waals surface area (Å²) in [7, 11) is 1.56. The molecule has 0 aliphatic heterocycles. The maximum Gasteiger partial charge on any atom is 0.231 e. The van der Waals surface area contributed by atoms with Gasteiger partial charge in [-0.2, -0.15) is 4.98 Å². The minimum absolute atomic E-state index is 0.510. The Balaban J connectivity index is 1.84. The van der Waals surface area contributed by atoms with Gasteiger partial charge in [-0.25, -0.2) is 4.98 Å². The third-order valence-electron chi connectivity index (χ3n) is 4.17. The van der Waals surface area contributed by atoms with Crippen LogP contribution in [0.3, 0.4) is 0 Å². The highest BCUT2D eigenvalue weighted by Crippen LogP contribution is 2.42. The van der Waals surface area contributed by atoms with E-state index in [1.807, 2.05) is 6.92 Å². The van der Waals surface area contributed by atoms with Crippen LogP contribution < -0.4 is 9.47 Å². The van der Waals surface area contributed by atoms with Crippen molar-refractivity contribution in [1.29, 1.82) is 0 Å². The quantitative estimate of drug-likeness (QED) is 0.669. The van der Waals surface area contributed by atoms with E-state index in [1.54, 1.807) is 36.6 Å². The highest BCUT2D eigenvalue weighted by molar-refractivity contribution is 7.19. The summed E-state index contributed by atoms with van der Waals surface area (Å²) in [6, 6.07) is 5.10. The van der Waals surface area contributed by atoms with E-state index in [2.05, 4.69) is 9.97 Å². The third kappa shape index (κ3) is 2.43. The van der Waals surface area contributed by atoms with Gasteiger partial charge in [-0.1, -0.05) is 0 Å². The molecule has 2 heterocycles. The highest BCUT2D eigenvalue weighted by atomic mass is 32.1. The van der Waals surface area contributed by atoms with E-state index in [0.29, 0.717) is 28.8 Å². The van der Waals surface area contributed by atoms with Gasteiger partial charge in [0.2, 0.25) is 5.88 Å². The van der Waals surface area contributed by atoms with Crippen molar-refractivity contribution >= 4 is 27.8 Å². The fourth-order valence-corrected chi connectivity index (χ4v) is 4.38. The first kappa shape index (κ1) is 15.1. The van der Waals surface area contributed by atoms with Crippen molar-refractivity contribution in [2.24, 2.45) is 0 Å². The van der Waals surface area contributed by atoms with E-state index in [4.69, 9.17) is 9.47 Å². The molecule has 0 atom stereocenters. The molecule has 3 aromatic rings. The first-order valence-electron chi connectivity index (χ1n) is 7.79. The lowest BCUT2D eigenvalue weighted by Gasteiger charge is -2.11. The van der Waals surface area contributed by atoms with E-state index in [-0.39, 0.29) is 0 Å². The molecule has 0 N–H and O–H groups in total. The normalized spacial score (nSPS) is 13.1. The number of ether oxygens (including phenoxy) is 2. The predicted molar refractivity (Wildman–Crippen MR) is 92.6 cm³/mol. The molecule has 0 amide bonds. The Kier molecular flexibility index (Phi) is 3.69. The van der Waals surface area contributed by atoms with Gasteiger partial charge < -0.3 is 9.47 Å². The molecule has 0 unspecified atom stereocenters. The number of aryl methyl sites for hydroxylation is 3. The minimum atomic E-state index is 0.510. The zero-order valence-electron chi connectivity index (χ0n) is 13.5. The molecule has 5 nitrogen and oxygen atoms in total. The Morgan fingerprint density at radius 2 is 2.08 bits per heavy atom. The minimum Gasteiger partial charge on any atom is -0.493 e. The van der Waals surface area contributed by atoms with Crippen molar-refractivity contribution in [2.75, 3.05) is 7.11 Å². The molecule has 1 aromatic carbocycles. The van der Waals surface area contributed by atoms with E-state index < -0.39 is 0 Å². The number of aldehydes is 1. The van der Waals surface area contributed by atoms with Crippen LogP contribution in [0.1, 0.15) is 33.0 Å². The SMILES string of the molecule is COc1cc(C=O)ccc1Oc1nc(C)nc2sc3c(c12)CCC3. The van der Waals surface area contributed by atoms with Crippen LogP contribution in [-0.4, -0.2) is 23.4 Å². The Bertz CT molecular complexity index is 949. The van der Waals surface area contributed by atoms with Crippen LogP contribution in [-0.2, 0) is 12.8 Å². The summed E-state index contributed by atoms with van der Waals surface area (Å²) in [5.74, 6) is 2.30. The fourth-order valence-electron chi connectivity index (χ4n) is 3.08. The molecule has 24 heavy (non-hydrogen) atoms. The number of fused-ring (bicyclic) bond motifs is 3. The Morgan fingerprint density at radius 3 is 2.88 bits per heavy atom. The molecule has 0 radical (unpaired) electrons. The number of carbonyl (C=O) groups excluding carboxylic acids is 1. The van der Waals surface area contributed by atoms with Crippen molar-refractivity contribution in [1.82, 2.24) is 9.97 Å². The Hall–Kier alpha value is -2.47. The van der Waals surface area contributed by atoms with Crippen LogP contribution in [0, 0.1) is 6.92 Å². The lowest BCUT2D eigenvalue weighted by Crippen LogP contribution is -1.97. The van der Waals surface area contributed by atoms with Crippen LogP contribution >= 0.6 is 11.3 Å². The van der Waals surface area contributed by atoms with Crippen molar-refractivity contribution in [2.45, 2.75) is 26.2 Å². The van der Waals surface area contributed by atoms with Crippen LogP contribution in [0.4, 0.5) is 0 Å². The number of hydrogen-bond donors (Lipinski definition) is 0. The second-order valence-corrected chi connectivity index (χ2v) is 6.83. The zero-order chi connectivity index (χ0) is 16.7. The number of carbonyl (C=O) groups is 1. The molecule has 2 aromatic heterocycles. The topological polar surface area (TPSA) is 61.3 Å². The van der Waals surface area contributed by atoms with Gasteiger partial charge in [-0.05, 0) is 49.9 Å². The van der Waals surface area contributed by atoms with Crippen molar-refractivity contribution in [3.63, 3.8) is 0 Å². The van der Waals surface area contributed by atoms with Crippen LogP contribution in [0.2, 0.25) is 0 Å². The van der Waals surface area contributed by atoms with E-state index in [9.17, 15) is 4.79 Å². The number of methoxy groups -OCH3 is 1. The average Bonchev–Trinajstić information content (AvgIpc) is 3.15. The van der Waals surface area contributed by atoms with Gasteiger partial charge in [0, 0.05) is 10.4 Å². The van der Waals surface area contributed by atoms with Crippen molar-refractivity contribution in [3.8, 4) is 17.4 Å². The molecular weight excluding hydrogens is 324 g/mol. The van der Waals surface area contributed by atoms with Crippen molar-refractivity contribution in [3.05, 3.63) is 40.0 Å². The first-order chi connectivity index (χ1) is 11.7. The number of hydrogen-bond acceptors (Lipinski definition) is 6. The molecule has 0 fully saturated rings. The van der Waals surface area contributed by atoms with E-state index >= 15 is 0 Å². The van der Waals surface area contributed by atoms with Crippen molar-refractivity contribution < 1.29 is 14.3 Å². The van der Waals surface area contributed by atoms with Crippen LogP contribution in [0.5, 0.6) is 17.4 Å². The monoisotopic (exact) mass is 340 g/mol. The molecule has 6 heteroatoms. The highest BCUT2D eigenvalue weighted by Gasteiger charge is 2.23. The fraction of sp³-hybridized carbons (Fsp3) is 0.278. The number of benzene rings is 1. The second-order valence-electron chi connectivity index (χ2n) is 5.74. The van der Waals surface area contributed by atoms with Gasteiger partial charge in [0.15, 0.2) is 11.5 Å². The van der Waals surface area contributed by atoms with Gasteiger partial charge in [-0.15, -0.1) is 11.3 Å². The number of nitrogens with zero attached hydrogens (tertiary/aromatic N) is 2. The molecule has 1 aliphatic rings. The predicted octanol–water partition coefficient (Wildman–Crippen LogP) is 4.10. The average molecular weight is 340 g/mol. The van der Waals surface area contributed by atoms with Gasteiger partial charge in [0.25, 0.3) is 0 Å². The first-order valence-corrected chi connectivity index (χ1v) is 8.61. The Morgan fingerprint density at radius 1 is 1.21 bits per heavy atom. The smallest absolute Gasteiger partial charge is 0.231 e. The molecule has 122 valence electrons. The summed E-state index contributed by atoms with van der Waals surface area (Å²) < 4.78 is 11.4. The van der Waals surface area contributed by atoms with Crippen LogP contribution in [0.25, 0.3) is 10.2 Å². The summed E-state index contributed by atoms with van der Waals surface area (Å²) >= 11 is 1.73. The number of aromatic nitrogens is 2. The standard InChI is InChI=1S/C18H16N2O3S/c1-10-19-17(16-12-4-3-5-15(12)24-18(16)20-10)23-13-7-6-11(9-21)8-14(13)22-2/h6-9H,3-5H2,1-2H3. The lowest BCUT2D eigenvalue weighted by molar-refractivity contribution is 0.112. The molecule has 0 saturated heterocycles.